The molecule has 22 heavy (non-hydrogen) atoms. The van der Waals surface area contributed by atoms with Crippen LogP contribution in [0.4, 0.5) is 0 Å². The van der Waals surface area contributed by atoms with Crippen molar-refractivity contribution in [1.82, 2.24) is 4.90 Å². The molecular weight excluding hydrogens is 278 g/mol. The molecule has 0 bridgehead atoms. The number of ether oxygens (including phenoxy) is 2. The van der Waals surface area contributed by atoms with Crippen LogP contribution in [-0.2, 0) is 4.74 Å². The van der Waals surface area contributed by atoms with Crippen molar-refractivity contribution in [1.29, 1.82) is 0 Å². The average molecular weight is 305 g/mol. The second-order valence-electron chi connectivity index (χ2n) is 6.13. The van der Waals surface area contributed by atoms with Crippen LogP contribution in [0.15, 0.2) is 24.3 Å². The molecule has 1 fully saturated rings. The van der Waals surface area contributed by atoms with Crippen molar-refractivity contribution in [2.24, 2.45) is 0 Å². The van der Waals surface area contributed by atoms with Gasteiger partial charge in [-0.3, -0.25) is 4.90 Å². The number of benzene rings is 1. The molecule has 0 heterocycles. The summed E-state index contributed by atoms with van der Waals surface area (Å²) in [4.78, 5) is 13.9. The van der Waals surface area contributed by atoms with E-state index in [-0.39, 0.29) is 5.97 Å². The SMILES string of the molecule is COC(=O)c1ccc(OCCN(C(C)C)C2CCCC2)cc1. The van der Waals surface area contributed by atoms with E-state index in [0.717, 1.165) is 12.3 Å². The summed E-state index contributed by atoms with van der Waals surface area (Å²) < 4.78 is 10.5. The van der Waals surface area contributed by atoms with Crippen molar-refractivity contribution in [3.8, 4) is 5.75 Å². The molecule has 122 valence electrons. The van der Waals surface area contributed by atoms with Gasteiger partial charge in [0.25, 0.3) is 0 Å². The van der Waals surface area contributed by atoms with E-state index in [0.29, 0.717) is 24.3 Å². The van der Waals surface area contributed by atoms with Gasteiger partial charge in [0, 0.05) is 18.6 Å². The average Bonchev–Trinajstić information content (AvgIpc) is 3.05. The first kappa shape index (κ1) is 16.8. The number of nitrogens with zero attached hydrogens (tertiary/aromatic N) is 1. The van der Waals surface area contributed by atoms with E-state index >= 15 is 0 Å². The zero-order chi connectivity index (χ0) is 15.9. The zero-order valence-electron chi connectivity index (χ0n) is 13.9. The fraction of sp³-hybridized carbons (Fsp3) is 0.611. The van der Waals surface area contributed by atoms with Gasteiger partial charge in [0.15, 0.2) is 0 Å². The Labute approximate surface area is 133 Å². The minimum Gasteiger partial charge on any atom is -0.492 e. The number of rotatable bonds is 7. The summed E-state index contributed by atoms with van der Waals surface area (Å²) in [5.41, 5.74) is 0.546. The highest BCUT2D eigenvalue weighted by atomic mass is 16.5. The monoisotopic (exact) mass is 305 g/mol. The van der Waals surface area contributed by atoms with E-state index in [1.807, 2.05) is 12.1 Å². The Morgan fingerprint density at radius 3 is 2.41 bits per heavy atom. The van der Waals surface area contributed by atoms with E-state index in [1.54, 1.807) is 12.1 Å². The second-order valence-corrected chi connectivity index (χ2v) is 6.13. The number of hydrogen-bond acceptors (Lipinski definition) is 4. The lowest BCUT2D eigenvalue weighted by Crippen LogP contribution is -2.41. The smallest absolute Gasteiger partial charge is 0.337 e. The van der Waals surface area contributed by atoms with Gasteiger partial charge in [0.1, 0.15) is 12.4 Å². The summed E-state index contributed by atoms with van der Waals surface area (Å²) >= 11 is 0. The molecule has 0 saturated heterocycles. The highest BCUT2D eigenvalue weighted by molar-refractivity contribution is 5.89. The Morgan fingerprint density at radius 1 is 1.23 bits per heavy atom. The van der Waals surface area contributed by atoms with Crippen LogP contribution in [0.1, 0.15) is 49.9 Å². The molecule has 0 radical (unpaired) electrons. The molecule has 0 aliphatic heterocycles. The van der Waals surface area contributed by atoms with Crippen LogP contribution in [0, 0.1) is 0 Å². The maximum Gasteiger partial charge on any atom is 0.337 e. The van der Waals surface area contributed by atoms with Crippen LogP contribution < -0.4 is 4.74 Å². The first-order valence-electron chi connectivity index (χ1n) is 8.18. The lowest BCUT2D eigenvalue weighted by molar-refractivity contribution is 0.0600. The predicted molar refractivity (Wildman–Crippen MR) is 87.4 cm³/mol. The molecule has 0 aromatic heterocycles. The molecule has 1 aliphatic rings. The van der Waals surface area contributed by atoms with Gasteiger partial charge in [-0.1, -0.05) is 12.8 Å². The van der Waals surface area contributed by atoms with Crippen molar-refractivity contribution in [2.75, 3.05) is 20.3 Å². The van der Waals surface area contributed by atoms with E-state index in [4.69, 9.17) is 4.74 Å². The van der Waals surface area contributed by atoms with Gasteiger partial charge >= 0.3 is 5.97 Å². The largest absolute Gasteiger partial charge is 0.492 e. The van der Waals surface area contributed by atoms with Gasteiger partial charge in [-0.05, 0) is 51.0 Å². The van der Waals surface area contributed by atoms with E-state index in [1.165, 1.54) is 32.8 Å². The summed E-state index contributed by atoms with van der Waals surface area (Å²) in [6, 6.07) is 8.37. The molecule has 4 heteroatoms. The molecule has 0 spiro atoms. The van der Waals surface area contributed by atoms with Crippen molar-refractivity contribution in [2.45, 2.75) is 51.6 Å². The maximum atomic E-state index is 11.4. The summed E-state index contributed by atoms with van der Waals surface area (Å²) in [6.45, 7) is 6.13. The lowest BCUT2D eigenvalue weighted by atomic mass is 10.1. The summed E-state index contributed by atoms with van der Waals surface area (Å²) in [5, 5.41) is 0. The summed E-state index contributed by atoms with van der Waals surface area (Å²) in [7, 11) is 1.39. The number of hydrogen-bond donors (Lipinski definition) is 0. The third-order valence-electron chi connectivity index (χ3n) is 4.35. The quantitative estimate of drug-likeness (QED) is 0.723. The van der Waals surface area contributed by atoms with Gasteiger partial charge in [-0.2, -0.15) is 0 Å². The van der Waals surface area contributed by atoms with Gasteiger partial charge in [0.05, 0.1) is 12.7 Å². The Kier molecular flexibility index (Phi) is 6.25. The number of carbonyl (C=O) groups is 1. The van der Waals surface area contributed by atoms with Crippen molar-refractivity contribution >= 4 is 5.97 Å². The Balaban J connectivity index is 1.82. The first-order chi connectivity index (χ1) is 10.6. The van der Waals surface area contributed by atoms with Crippen LogP contribution in [0.5, 0.6) is 5.75 Å². The number of carbonyl (C=O) groups excluding carboxylic acids is 1. The fourth-order valence-electron chi connectivity index (χ4n) is 3.17. The van der Waals surface area contributed by atoms with Gasteiger partial charge < -0.3 is 9.47 Å². The molecular formula is C18H27NO3. The summed E-state index contributed by atoms with van der Waals surface area (Å²) in [6.07, 6.45) is 5.32. The molecule has 1 saturated carbocycles. The highest BCUT2D eigenvalue weighted by Gasteiger charge is 2.24. The Bertz CT molecular complexity index is 464. The normalized spacial score (nSPS) is 15.5. The van der Waals surface area contributed by atoms with Crippen LogP contribution in [0.25, 0.3) is 0 Å². The number of methoxy groups -OCH3 is 1. The predicted octanol–water partition coefficient (Wildman–Crippen LogP) is 3.51. The molecule has 0 N–H and O–H groups in total. The standard InChI is InChI=1S/C18H27NO3/c1-14(2)19(16-6-4-5-7-16)12-13-22-17-10-8-15(9-11-17)18(20)21-3/h8-11,14,16H,4-7,12-13H2,1-3H3. The topological polar surface area (TPSA) is 38.8 Å². The molecule has 0 unspecified atom stereocenters. The van der Waals surface area contributed by atoms with Crippen molar-refractivity contribution < 1.29 is 14.3 Å². The molecule has 0 amide bonds. The third-order valence-corrected chi connectivity index (χ3v) is 4.35. The Hall–Kier alpha value is -1.55. The molecule has 1 aromatic rings. The van der Waals surface area contributed by atoms with Gasteiger partial charge in [0.2, 0.25) is 0 Å². The highest BCUT2D eigenvalue weighted by Crippen LogP contribution is 2.25. The van der Waals surface area contributed by atoms with Crippen molar-refractivity contribution in [3.63, 3.8) is 0 Å². The first-order valence-corrected chi connectivity index (χ1v) is 8.18. The lowest BCUT2D eigenvalue weighted by Gasteiger charge is -2.32. The van der Waals surface area contributed by atoms with Crippen LogP contribution in [0.2, 0.25) is 0 Å². The molecule has 4 nitrogen and oxygen atoms in total. The number of esters is 1. The second kappa shape index (κ2) is 8.18. The van der Waals surface area contributed by atoms with Crippen LogP contribution in [-0.4, -0.2) is 43.2 Å². The molecule has 0 atom stereocenters. The fourth-order valence-corrected chi connectivity index (χ4v) is 3.17. The van der Waals surface area contributed by atoms with Crippen LogP contribution >= 0.6 is 0 Å². The van der Waals surface area contributed by atoms with Gasteiger partial charge in [-0.25, -0.2) is 4.79 Å². The van der Waals surface area contributed by atoms with Crippen LogP contribution in [0.3, 0.4) is 0 Å². The zero-order valence-corrected chi connectivity index (χ0v) is 13.9. The molecule has 1 aromatic carbocycles. The molecule has 1 aliphatic carbocycles. The maximum absolute atomic E-state index is 11.4. The van der Waals surface area contributed by atoms with E-state index < -0.39 is 0 Å². The third kappa shape index (κ3) is 4.47. The van der Waals surface area contributed by atoms with E-state index in [2.05, 4.69) is 23.5 Å². The Morgan fingerprint density at radius 2 is 1.86 bits per heavy atom. The van der Waals surface area contributed by atoms with E-state index in [9.17, 15) is 4.79 Å². The minimum absolute atomic E-state index is 0.321. The minimum atomic E-state index is -0.321. The van der Waals surface area contributed by atoms with Gasteiger partial charge in [-0.15, -0.1) is 0 Å². The summed E-state index contributed by atoms with van der Waals surface area (Å²) in [5.74, 6) is 0.474. The molecule has 2 rings (SSSR count). The van der Waals surface area contributed by atoms with Crippen molar-refractivity contribution in [3.05, 3.63) is 29.8 Å².